The maximum atomic E-state index is 13.5. The molecule has 2 aliphatic rings. The largest absolute Gasteiger partial charge is 0.371 e. The smallest absolute Gasteiger partial charge is 0.160 e. The molecule has 0 saturated carbocycles. The number of nitrogens with one attached hydrogen (secondary N) is 1. The molecular formula is C19H24F2N4. The number of rotatable bonds is 3. The Hall–Kier alpha value is -1.95. The van der Waals surface area contributed by atoms with Crippen molar-refractivity contribution >= 4 is 5.69 Å². The van der Waals surface area contributed by atoms with E-state index in [0.717, 1.165) is 44.7 Å². The van der Waals surface area contributed by atoms with Crippen LogP contribution in [0, 0.1) is 11.6 Å². The summed E-state index contributed by atoms with van der Waals surface area (Å²) < 4.78 is 26.6. The molecule has 2 aromatic rings. The molecule has 6 heteroatoms. The number of aromatic amines is 1. The van der Waals surface area contributed by atoms with Gasteiger partial charge in [-0.15, -0.1) is 0 Å². The molecule has 2 saturated heterocycles. The van der Waals surface area contributed by atoms with E-state index < -0.39 is 11.6 Å². The van der Waals surface area contributed by atoms with Crippen molar-refractivity contribution < 1.29 is 8.78 Å². The van der Waals surface area contributed by atoms with Gasteiger partial charge in [0.05, 0.1) is 0 Å². The standard InChI is InChI=1S/C19H24F2N4/c20-17-4-3-16(12-18(17)21)24-10-6-15(7-11-24)25-9-1-2-14(13-25)19-5-8-22-23-19/h3-5,8,12,14-15H,1-2,6-7,9-11,13H2,(H,22,23). The van der Waals surface area contributed by atoms with Gasteiger partial charge in [0.1, 0.15) is 0 Å². The molecule has 0 amide bonds. The second-order valence-electron chi connectivity index (χ2n) is 7.16. The van der Waals surface area contributed by atoms with Gasteiger partial charge in [0.25, 0.3) is 0 Å². The average molecular weight is 346 g/mol. The first-order valence-corrected chi connectivity index (χ1v) is 9.14. The van der Waals surface area contributed by atoms with E-state index in [0.29, 0.717) is 12.0 Å². The first kappa shape index (κ1) is 16.5. The zero-order chi connectivity index (χ0) is 17.2. The van der Waals surface area contributed by atoms with Gasteiger partial charge in [-0.25, -0.2) is 8.78 Å². The van der Waals surface area contributed by atoms with Gasteiger partial charge >= 0.3 is 0 Å². The summed E-state index contributed by atoms with van der Waals surface area (Å²) in [6, 6.07) is 6.86. The third kappa shape index (κ3) is 3.54. The van der Waals surface area contributed by atoms with Gasteiger partial charge in [-0.3, -0.25) is 10.00 Å². The van der Waals surface area contributed by atoms with Crippen molar-refractivity contribution in [3.63, 3.8) is 0 Å². The Morgan fingerprint density at radius 3 is 2.56 bits per heavy atom. The first-order chi connectivity index (χ1) is 12.2. The predicted octanol–water partition coefficient (Wildman–Crippen LogP) is 3.54. The summed E-state index contributed by atoms with van der Waals surface area (Å²) in [6.07, 6.45) is 6.39. The van der Waals surface area contributed by atoms with E-state index in [9.17, 15) is 8.78 Å². The maximum Gasteiger partial charge on any atom is 0.160 e. The number of anilines is 1. The lowest BCUT2D eigenvalue weighted by molar-refractivity contribution is 0.127. The van der Waals surface area contributed by atoms with Gasteiger partial charge in [0.15, 0.2) is 11.6 Å². The van der Waals surface area contributed by atoms with Crippen LogP contribution in [0.2, 0.25) is 0 Å². The molecule has 4 nitrogen and oxygen atoms in total. The zero-order valence-corrected chi connectivity index (χ0v) is 14.3. The number of piperidine rings is 2. The van der Waals surface area contributed by atoms with E-state index in [-0.39, 0.29) is 0 Å². The predicted molar refractivity (Wildman–Crippen MR) is 93.7 cm³/mol. The molecule has 1 N–H and O–H groups in total. The van der Waals surface area contributed by atoms with Crippen molar-refractivity contribution in [2.75, 3.05) is 31.1 Å². The molecular weight excluding hydrogens is 322 g/mol. The number of nitrogens with zero attached hydrogens (tertiary/aromatic N) is 3. The lowest BCUT2D eigenvalue weighted by Crippen LogP contribution is -2.48. The molecule has 1 aromatic heterocycles. The lowest BCUT2D eigenvalue weighted by atomic mass is 9.92. The van der Waals surface area contributed by atoms with Crippen molar-refractivity contribution in [3.8, 4) is 0 Å². The van der Waals surface area contributed by atoms with Gasteiger partial charge in [-0.2, -0.15) is 5.10 Å². The molecule has 2 aliphatic heterocycles. The molecule has 0 spiro atoms. The fraction of sp³-hybridized carbons (Fsp3) is 0.526. The van der Waals surface area contributed by atoms with Crippen molar-refractivity contribution in [3.05, 3.63) is 47.8 Å². The monoisotopic (exact) mass is 346 g/mol. The van der Waals surface area contributed by atoms with Gasteiger partial charge in [0, 0.05) is 55.2 Å². The topological polar surface area (TPSA) is 35.2 Å². The normalized spacial score (nSPS) is 23.1. The third-order valence-corrected chi connectivity index (χ3v) is 5.66. The highest BCUT2D eigenvalue weighted by molar-refractivity contribution is 5.47. The Bertz CT molecular complexity index is 695. The van der Waals surface area contributed by atoms with Crippen LogP contribution in [-0.4, -0.2) is 47.3 Å². The minimum Gasteiger partial charge on any atom is -0.371 e. The summed E-state index contributed by atoms with van der Waals surface area (Å²) >= 11 is 0. The second kappa shape index (κ2) is 7.12. The molecule has 25 heavy (non-hydrogen) atoms. The molecule has 0 bridgehead atoms. The van der Waals surface area contributed by atoms with Crippen molar-refractivity contribution in [2.45, 2.75) is 37.6 Å². The quantitative estimate of drug-likeness (QED) is 0.923. The SMILES string of the molecule is Fc1ccc(N2CCC(N3CCCC(c4ccn[nH]4)C3)CC2)cc1F. The van der Waals surface area contributed by atoms with Crippen molar-refractivity contribution in [1.29, 1.82) is 0 Å². The number of H-pyrrole nitrogens is 1. The molecule has 1 unspecified atom stereocenters. The third-order valence-electron chi connectivity index (χ3n) is 5.66. The number of aromatic nitrogens is 2. The van der Waals surface area contributed by atoms with Crippen LogP contribution in [0.15, 0.2) is 30.5 Å². The molecule has 2 fully saturated rings. The van der Waals surface area contributed by atoms with Crippen LogP contribution >= 0.6 is 0 Å². The van der Waals surface area contributed by atoms with Crippen LogP contribution in [0.25, 0.3) is 0 Å². The average Bonchev–Trinajstić information content (AvgIpc) is 3.19. The minimum absolute atomic E-state index is 0.542. The summed E-state index contributed by atoms with van der Waals surface area (Å²) in [5.41, 5.74) is 2.02. The molecule has 0 aliphatic carbocycles. The van der Waals surface area contributed by atoms with Gasteiger partial charge in [-0.05, 0) is 50.4 Å². The van der Waals surface area contributed by atoms with Gasteiger partial charge < -0.3 is 4.90 Å². The number of hydrogen-bond acceptors (Lipinski definition) is 3. The summed E-state index contributed by atoms with van der Waals surface area (Å²) in [4.78, 5) is 4.77. The molecule has 0 radical (unpaired) electrons. The first-order valence-electron chi connectivity index (χ1n) is 9.14. The van der Waals surface area contributed by atoms with Crippen molar-refractivity contribution in [2.24, 2.45) is 0 Å². The van der Waals surface area contributed by atoms with E-state index in [2.05, 4.69) is 26.1 Å². The van der Waals surface area contributed by atoms with Crippen LogP contribution in [0.3, 0.4) is 0 Å². The molecule has 134 valence electrons. The summed E-state index contributed by atoms with van der Waals surface area (Å²) in [6.45, 7) is 4.01. The van der Waals surface area contributed by atoms with E-state index in [4.69, 9.17) is 0 Å². The highest BCUT2D eigenvalue weighted by Crippen LogP contribution is 2.30. The Balaban J connectivity index is 1.36. The molecule has 3 heterocycles. The minimum atomic E-state index is -0.781. The Labute approximate surface area is 146 Å². The van der Waals surface area contributed by atoms with E-state index in [1.807, 2.05) is 6.20 Å². The van der Waals surface area contributed by atoms with Gasteiger partial charge in [0.2, 0.25) is 0 Å². The highest BCUT2D eigenvalue weighted by Gasteiger charge is 2.30. The van der Waals surface area contributed by atoms with Crippen LogP contribution in [-0.2, 0) is 0 Å². The van der Waals surface area contributed by atoms with Crippen LogP contribution in [0.4, 0.5) is 14.5 Å². The van der Waals surface area contributed by atoms with Crippen LogP contribution in [0.5, 0.6) is 0 Å². The zero-order valence-electron chi connectivity index (χ0n) is 14.3. The highest BCUT2D eigenvalue weighted by atomic mass is 19.2. The second-order valence-corrected chi connectivity index (χ2v) is 7.16. The van der Waals surface area contributed by atoms with Crippen LogP contribution < -0.4 is 4.90 Å². The van der Waals surface area contributed by atoms with E-state index >= 15 is 0 Å². The van der Waals surface area contributed by atoms with Crippen molar-refractivity contribution in [1.82, 2.24) is 15.1 Å². The fourth-order valence-corrected chi connectivity index (χ4v) is 4.26. The number of hydrogen-bond donors (Lipinski definition) is 1. The number of benzene rings is 1. The molecule has 4 rings (SSSR count). The Kier molecular flexibility index (Phi) is 4.70. The summed E-state index contributed by atoms with van der Waals surface area (Å²) in [7, 11) is 0. The molecule has 1 atom stereocenters. The Morgan fingerprint density at radius 2 is 1.84 bits per heavy atom. The van der Waals surface area contributed by atoms with E-state index in [1.165, 1.54) is 30.7 Å². The fourth-order valence-electron chi connectivity index (χ4n) is 4.26. The Morgan fingerprint density at radius 1 is 1.00 bits per heavy atom. The number of halogens is 2. The van der Waals surface area contributed by atoms with Gasteiger partial charge in [-0.1, -0.05) is 0 Å². The lowest BCUT2D eigenvalue weighted by Gasteiger charge is -2.42. The number of likely N-dealkylation sites (tertiary alicyclic amines) is 1. The summed E-state index contributed by atoms with van der Waals surface area (Å²) in [5.74, 6) is -1.00. The molecule has 1 aromatic carbocycles. The summed E-state index contributed by atoms with van der Waals surface area (Å²) in [5, 5.41) is 7.20. The van der Waals surface area contributed by atoms with Crippen LogP contribution in [0.1, 0.15) is 37.3 Å². The maximum absolute atomic E-state index is 13.5. The van der Waals surface area contributed by atoms with E-state index in [1.54, 1.807) is 6.07 Å².